The summed E-state index contributed by atoms with van der Waals surface area (Å²) in [5.74, 6) is 1.16. The van der Waals surface area contributed by atoms with Crippen LogP contribution in [-0.4, -0.2) is 81.5 Å². The van der Waals surface area contributed by atoms with E-state index in [1.165, 1.54) is 6.21 Å². The smallest absolute Gasteiger partial charge is 0.222 e. The van der Waals surface area contributed by atoms with Gasteiger partial charge in [-0.25, -0.2) is 0 Å². The van der Waals surface area contributed by atoms with Crippen molar-refractivity contribution in [2.24, 2.45) is 17.6 Å². The van der Waals surface area contributed by atoms with E-state index in [1.807, 2.05) is 14.0 Å². The number of carbonyl (C=O) groups excluding carboxylic acids is 1. The van der Waals surface area contributed by atoms with Gasteiger partial charge in [-0.1, -0.05) is 6.92 Å². The minimum atomic E-state index is 0.278. The third-order valence-electron chi connectivity index (χ3n) is 6.72. The van der Waals surface area contributed by atoms with Crippen molar-refractivity contribution >= 4 is 12.1 Å². The fourth-order valence-corrected chi connectivity index (χ4v) is 4.72. The highest BCUT2D eigenvalue weighted by molar-refractivity contribution is 5.77. The van der Waals surface area contributed by atoms with E-state index in [4.69, 9.17) is 15.9 Å². The SMILES string of the molecule is CCC(=O)N(CC1CCOCC1)C1CCC(C(N)=C(C=N)CN(C)CCNC)CC1. The van der Waals surface area contributed by atoms with E-state index in [0.717, 1.165) is 82.6 Å². The molecule has 0 atom stereocenters. The Morgan fingerprint density at radius 1 is 1.20 bits per heavy atom. The summed E-state index contributed by atoms with van der Waals surface area (Å²) in [6.07, 6.45) is 8.11. The fraction of sp³-hybridized carbons (Fsp3) is 0.826. The summed E-state index contributed by atoms with van der Waals surface area (Å²) in [6.45, 7) is 7.03. The molecule has 0 spiro atoms. The molecule has 7 heteroatoms. The van der Waals surface area contributed by atoms with Gasteiger partial charge in [-0.05, 0) is 64.5 Å². The minimum absolute atomic E-state index is 0.278. The van der Waals surface area contributed by atoms with Gasteiger partial charge in [0.25, 0.3) is 0 Å². The predicted molar refractivity (Wildman–Crippen MR) is 123 cm³/mol. The Balaban J connectivity index is 1.95. The van der Waals surface area contributed by atoms with Crippen LogP contribution in [0.2, 0.25) is 0 Å². The summed E-state index contributed by atoms with van der Waals surface area (Å²) in [4.78, 5) is 17.0. The van der Waals surface area contributed by atoms with Gasteiger partial charge in [-0.2, -0.15) is 0 Å². The fourth-order valence-electron chi connectivity index (χ4n) is 4.72. The summed E-state index contributed by atoms with van der Waals surface area (Å²) in [5, 5.41) is 11.0. The first-order valence-electron chi connectivity index (χ1n) is 11.7. The second-order valence-electron chi connectivity index (χ2n) is 8.93. The molecule has 2 aliphatic rings. The molecule has 1 saturated heterocycles. The molecule has 2 fully saturated rings. The van der Waals surface area contributed by atoms with Crippen molar-refractivity contribution in [3.63, 3.8) is 0 Å². The Labute approximate surface area is 182 Å². The number of carbonyl (C=O) groups is 1. The zero-order valence-corrected chi connectivity index (χ0v) is 19.3. The van der Waals surface area contributed by atoms with Crippen LogP contribution in [0.3, 0.4) is 0 Å². The topological polar surface area (TPSA) is 94.7 Å². The van der Waals surface area contributed by atoms with E-state index >= 15 is 0 Å². The van der Waals surface area contributed by atoms with Crippen LogP contribution in [0, 0.1) is 17.2 Å². The molecule has 0 radical (unpaired) electrons. The van der Waals surface area contributed by atoms with Gasteiger partial charge in [0, 0.05) is 69.3 Å². The molecule has 0 bridgehead atoms. The number of likely N-dealkylation sites (N-methyl/N-ethyl adjacent to an activating group) is 2. The lowest BCUT2D eigenvalue weighted by Crippen LogP contribution is -2.45. The molecule has 0 unspecified atom stereocenters. The third-order valence-corrected chi connectivity index (χ3v) is 6.72. The quantitative estimate of drug-likeness (QED) is 0.445. The number of nitrogens with one attached hydrogen (secondary N) is 2. The van der Waals surface area contributed by atoms with Crippen LogP contribution in [0.15, 0.2) is 11.3 Å². The molecule has 1 saturated carbocycles. The average molecular weight is 422 g/mol. The molecule has 1 amide bonds. The number of hydrogen-bond acceptors (Lipinski definition) is 6. The largest absolute Gasteiger partial charge is 0.402 e. The first kappa shape index (κ1) is 24.8. The monoisotopic (exact) mass is 421 g/mol. The van der Waals surface area contributed by atoms with E-state index in [9.17, 15) is 4.79 Å². The Kier molecular flexibility index (Phi) is 10.8. The lowest BCUT2D eigenvalue weighted by atomic mass is 9.81. The molecular formula is C23H43N5O2. The van der Waals surface area contributed by atoms with Gasteiger partial charge in [-0.15, -0.1) is 0 Å². The van der Waals surface area contributed by atoms with Gasteiger partial charge in [0.1, 0.15) is 0 Å². The van der Waals surface area contributed by atoms with Crippen LogP contribution in [0.25, 0.3) is 0 Å². The second-order valence-corrected chi connectivity index (χ2v) is 8.93. The van der Waals surface area contributed by atoms with Gasteiger partial charge in [0.15, 0.2) is 0 Å². The van der Waals surface area contributed by atoms with Gasteiger partial charge >= 0.3 is 0 Å². The van der Waals surface area contributed by atoms with E-state index in [0.29, 0.717) is 30.8 Å². The summed E-state index contributed by atoms with van der Waals surface area (Å²) in [7, 11) is 4.01. The second kappa shape index (κ2) is 13.1. The number of amides is 1. The highest BCUT2D eigenvalue weighted by atomic mass is 16.5. The van der Waals surface area contributed by atoms with Crippen molar-refractivity contribution in [2.45, 2.75) is 57.9 Å². The highest BCUT2D eigenvalue weighted by Crippen LogP contribution is 2.33. The normalized spacial score (nSPS) is 23.9. The van der Waals surface area contributed by atoms with Crippen molar-refractivity contribution in [3.8, 4) is 0 Å². The van der Waals surface area contributed by atoms with Crippen LogP contribution < -0.4 is 11.1 Å². The molecule has 1 aliphatic carbocycles. The standard InChI is InChI=1S/C23H43N5O2/c1-4-22(29)28(16-18-9-13-30-14-10-18)21-7-5-19(6-8-21)23(25)20(15-24)17-27(3)12-11-26-2/h15,18-19,21,24,26H,4-14,16-17,25H2,1-3H3. The van der Waals surface area contributed by atoms with E-state index in [-0.39, 0.29) is 5.91 Å². The molecular weight excluding hydrogens is 378 g/mol. The predicted octanol–water partition coefficient (Wildman–Crippen LogP) is 2.22. The molecule has 0 aromatic heterocycles. The van der Waals surface area contributed by atoms with Crippen LogP contribution in [0.1, 0.15) is 51.9 Å². The minimum Gasteiger partial charge on any atom is -0.402 e. The number of nitrogens with two attached hydrogens (primary N) is 1. The summed E-state index contributed by atoms with van der Waals surface area (Å²) < 4.78 is 5.49. The maximum absolute atomic E-state index is 12.7. The average Bonchev–Trinajstić information content (AvgIpc) is 2.79. The number of nitrogens with zero attached hydrogens (tertiary/aromatic N) is 2. The van der Waals surface area contributed by atoms with E-state index in [2.05, 4.69) is 22.2 Å². The molecule has 0 aromatic carbocycles. The molecule has 4 N–H and O–H groups in total. The number of allylic oxidation sites excluding steroid dienone is 1. The van der Waals surface area contributed by atoms with Gasteiger partial charge in [-0.3, -0.25) is 4.79 Å². The van der Waals surface area contributed by atoms with Crippen molar-refractivity contribution in [3.05, 3.63) is 11.3 Å². The molecule has 2 rings (SSSR count). The number of hydrogen-bond donors (Lipinski definition) is 3. The Hall–Kier alpha value is -1.44. The molecule has 0 aromatic rings. The number of ether oxygens (including phenoxy) is 1. The van der Waals surface area contributed by atoms with Crippen molar-refractivity contribution < 1.29 is 9.53 Å². The van der Waals surface area contributed by atoms with Crippen molar-refractivity contribution in [2.75, 3.05) is 53.5 Å². The summed E-state index contributed by atoms with van der Waals surface area (Å²) in [6, 6.07) is 0.325. The van der Waals surface area contributed by atoms with Gasteiger partial charge in [0.05, 0.1) is 0 Å². The molecule has 1 aliphatic heterocycles. The molecule has 1 heterocycles. The van der Waals surface area contributed by atoms with Crippen molar-refractivity contribution in [1.82, 2.24) is 15.1 Å². The summed E-state index contributed by atoms with van der Waals surface area (Å²) >= 11 is 0. The number of rotatable bonds is 11. The lowest BCUT2D eigenvalue weighted by molar-refractivity contribution is -0.135. The highest BCUT2D eigenvalue weighted by Gasteiger charge is 2.31. The van der Waals surface area contributed by atoms with Crippen LogP contribution in [0.5, 0.6) is 0 Å². The zero-order chi connectivity index (χ0) is 21.9. The Morgan fingerprint density at radius 3 is 2.43 bits per heavy atom. The Morgan fingerprint density at radius 2 is 1.87 bits per heavy atom. The van der Waals surface area contributed by atoms with Crippen LogP contribution in [-0.2, 0) is 9.53 Å². The first-order chi connectivity index (χ1) is 14.5. The van der Waals surface area contributed by atoms with Crippen molar-refractivity contribution in [1.29, 1.82) is 5.41 Å². The maximum atomic E-state index is 12.7. The maximum Gasteiger partial charge on any atom is 0.222 e. The molecule has 172 valence electrons. The van der Waals surface area contributed by atoms with Gasteiger partial charge < -0.3 is 31.0 Å². The summed E-state index contributed by atoms with van der Waals surface area (Å²) in [5.41, 5.74) is 8.33. The molecule has 30 heavy (non-hydrogen) atoms. The first-order valence-corrected chi connectivity index (χ1v) is 11.7. The molecule has 7 nitrogen and oxygen atoms in total. The van der Waals surface area contributed by atoms with Gasteiger partial charge in [0.2, 0.25) is 5.91 Å². The van der Waals surface area contributed by atoms with E-state index in [1.54, 1.807) is 0 Å². The third kappa shape index (κ3) is 7.36. The van der Waals surface area contributed by atoms with Crippen LogP contribution in [0.4, 0.5) is 0 Å². The van der Waals surface area contributed by atoms with Crippen LogP contribution >= 0.6 is 0 Å². The van der Waals surface area contributed by atoms with E-state index < -0.39 is 0 Å². The zero-order valence-electron chi connectivity index (χ0n) is 19.3. The Bertz CT molecular complexity index is 566. The lowest BCUT2D eigenvalue weighted by Gasteiger charge is -2.39.